The summed E-state index contributed by atoms with van der Waals surface area (Å²) >= 11 is 1.83. The van der Waals surface area contributed by atoms with Gasteiger partial charge in [0, 0.05) is 31.0 Å². The Kier molecular flexibility index (Phi) is 6.79. The minimum absolute atomic E-state index is 0.482. The van der Waals surface area contributed by atoms with Gasteiger partial charge in [0.25, 0.3) is 0 Å². The Bertz CT molecular complexity index is 1080. The van der Waals surface area contributed by atoms with Crippen molar-refractivity contribution in [3.8, 4) is 5.75 Å². The first kappa shape index (κ1) is 21.5. The van der Waals surface area contributed by atoms with Crippen LogP contribution >= 0.6 is 11.8 Å². The van der Waals surface area contributed by atoms with Crippen molar-refractivity contribution in [2.24, 2.45) is 10.9 Å². The van der Waals surface area contributed by atoms with Crippen LogP contribution in [0.5, 0.6) is 5.75 Å². The predicted octanol–water partition coefficient (Wildman–Crippen LogP) is 5.23. The molecule has 0 bridgehead atoms. The van der Waals surface area contributed by atoms with Gasteiger partial charge in [-0.25, -0.2) is 4.98 Å². The number of fused-ring (bicyclic) bond motifs is 1. The molecule has 1 fully saturated rings. The number of ether oxygens (including phenoxy) is 1. The first-order valence-corrected chi connectivity index (χ1v) is 12.8. The fraction of sp³-hybridized carbons (Fsp3) is 0.462. The molecule has 2 aromatic carbocycles. The van der Waals surface area contributed by atoms with Gasteiger partial charge in [-0.3, -0.25) is 4.99 Å². The molecule has 1 aromatic heterocycles. The fourth-order valence-electron chi connectivity index (χ4n) is 4.88. The highest BCUT2D eigenvalue weighted by Gasteiger charge is 2.18. The Hall–Kier alpha value is -2.31. The number of piperidine rings is 1. The normalized spacial score (nSPS) is 19.4. The van der Waals surface area contributed by atoms with Crippen LogP contribution < -0.4 is 4.74 Å². The summed E-state index contributed by atoms with van der Waals surface area (Å²) in [7, 11) is 2.25. The molecule has 1 atom stereocenters. The minimum Gasteiger partial charge on any atom is -0.486 e. The van der Waals surface area contributed by atoms with Gasteiger partial charge in [-0.05, 0) is 81.6 Å². The number of thioether (sulfide) groups is 1. The summed E-state index contributed by atoms with van der Waals surface area (Å²) in [6, 6.07) is 16.7. The zero-order valence-electron chi connectivity index (χ0n) is 18.9. The Morgan fingerprint density at radius 1 is 1.12 bits per heavy atom. The van der Waals surface area contributed by atoms with Crippen molar-refractivity contribution in [3.05, 3.63) is 59.9 Å². The Morgan fingerprint density at radius 2 is 2.00 bits per heavy atom. The van der Waals surface area contributed by atoms with Crippen LogP contribution in [0.2, 0.25) is 0 Å². The molecular weight excluding hydrogens is 416 g/mol. The zero-order chi connectivity index (χ0) is 21.8. The monoisotopic (exact) mass is 448 g/mol. The molecule has 0 saturated carbocycles. The molecule has 0 amide bonds. The summed E-state index contributed by atoms with van der Waals surface area (Å²) in [6.45, 7) is 4.89. The molecular formula is C26H32N4OS. The number of rotatable bonds is 8. The summed E-state index contributed by atoms with van der Waals surface area (Å²) in [4.78, 5) is 11.9. The molecule has 32 heavy (non-hydrogen) atoms. The lowest BCUT2D eigenvalue weighted by Gasteiger charge is -2.29. The van der Waals surface area contributed by atoms with Gasteiger partial charge in [0.15, 0.2) is 0 Å². The SMILES string of the molecule is CN1CCCC(CCCn2c(COc3ccc(C4=NCCS4)cc3)nc3ccccc32)C1. The lowest BCUT2D eigenvalue weighted by Crippen LogP contribution is -2.32. The largest absolute Gasteiger partial charge is 0.486 e. The van der Waals surface area contributed by atoms with Crippen LogP contribution in [-0.4, -0.2) is 51.9 Å². The van der Waals surface area contributed by atoms with E-state index >= 15 is 0 Å². The first-order chi connectivity index (χ1) is 15.8. The molecule has 3 heterocycles. The van der Waals surface area contributed by atoms with Crippen molar-refractivity contribution in [3.63, 3.8) is 0 Å². The van der Waals surface area contributed by atoms with Gasteiger partial charge in [0.1, 0.15) is 18.2 Å². The van der Waals surface area contributed by atoms with Crippen molar-refractivity contribution < 1.29 is 4.74 Å². The van der Waals surface area contributed by atoms with Crippen LogP contribution in [0.3, 0.4) is 0 Å². The highest BCUT2D eigenvalue weighted by Crippen LogP contribution is 2.24. The van der Waals surface area contributed by atoms with Crippen molar-refractivity contribution >= 4 is 27.8 Å². The van der Waals surface area contributed by atoms with E-state index < -0.39 is 0 Å². The molecule has 3 aromatic rings. The maximum atomic E-state index is 6.15. The summed E-state index contributed by atoms with van der Waals surface area (Å²) in [5.74, 6) is 3.79. The smallest absolute Gasteiger partial charge is 0.147 e. The Morgan fingerprint density at radius 3 is 2.81 bits per heavy atom. The molecule has 0 radical (unpaired) electrons. The molecule has 2 aliphatic heterocycles. The van der Waals surface area contributed by atoms with Crippen LogP contribution in [0.15, 0.2) is 53.5 Å². The topological polar surface area (TPSA) is 42.6 Å². The van der Waals surface area contributed by atoms with Crippen LogP contribution in [0.4, 0.5) is 0 Å². The maximum absolute atomic E-state index is 6.15. The third-order valence-corrected chi connectivity index (χ3v) is 7.53. The number of para-hydroxylation sites is 2. The van der Waals surface area contributed by atoms with E-state index in [4.69, 9.17) is 9.72 Å². The molecule has 168 valence electrons. The van der Waals surface area contributed by atoms with Crippen molar-refractivity contribution in [2.75, 3.05) is 32.4 Å². The van der Waals surface area contributed by atoms with Gasteiger partial charge in [-0.1, -0.05) is 12.1 Å². The zero-order valence-corrected chi connectivity index (χ0v) is 19.7. The van der Waals surface area contributed by atoms with E-state index in [1.807, 2.05) is 23.9 Å². The van der Waals surface area contributed by atoms with E-state index in [1.165, 1.54) is 49.9 Å². The number of benzene rings is 2. The minimum atomic E-state index is 0.482. The van der Waals surface area contributed by atoms with E-state index in [-0.39, 0.29) is 0 Å². The standard InChI is InChI=1S/C26H32N4OS/c1-29-15-4-6-20(18-29)7-5-16-30-24-9-3-2-8-23(24)28-25(30)19-31-22-12-10-21(11-13-22)26-27-14-17-32-26/h2-3,8-13,20H,4-7,14-19H2,1H3. The molecule has 5 rings (SSSR count). The summed E-state index contributed by atoms with van der Waals surface area (Å²) in [5, 5.41) is 1.14. The molecule has 2 aliphatic rings. The second-order valence-corrected chi connectivity index (χ2v) is 10.0. The number of hydrogen-bond acceptors (Lipinski definition) is 5. The predicted molar refractivity (Wildman–Crippen MR) is 134 cm³/mol. The van der Waals surface area contributed by atoms with E-state index in [1.54, 1.807) is 0 Å². The second-order valence-electron chi connectivity index (χ2n) is 8.93. The van der Waals surface area contributed by atoms with E-state index in [9.17, 15) is 0 Å². The third-order valence-electron chi connectivity index (χ3n) is 6.50. The average Bonchev–Trinajstić information content (AvgIpc) is 3.47. The van der Waals surface area contributed by atoms with Crippen molar-refractivity contribution in [1.29, 1.82) is 0 Å². The molecule has 0 N–H and O–H groups in total. The molecule has 0 aliphatic carbocycles. The number of imidazole rings is 1. The third kappa shape index (κ3) is 5.02. The first-order valence-electron chi connectivity index (χ1n) is 11.8. The van der Waals surface area contributed by atoms with Crippen LogP contribution in [0.25, 0.3) is 11.0 Å². The highest BCUT2D eigenvalue weighted by molar-refractivity contribution is 8.14. The van der Waals surface area contributed by atoms with E-state index in [2.05, 4.69) is 57.9 Å². The van der Waals surface area contributed by atoms with Gasteiger partial charge in [0.2, 0.25) is 0 Å². The maximum Gasteiger partial charge on any atom is 0.147 e. The van der Waals surface area contributed by atoms with Gasteiger partial charge in [-0.2, -0.15) is 0 Å². The summed E-state index contributed by atoms with van der Waals surface area (Å²) < 4.78 is 8.51. The van der Waals surface area contributed by atoms with Crippen LogP contribution in [0.1, 0.15) is 37.1 Å². The molecule has 1 saturated heterocycles. The number of aryl methyl sites for hydroxylation is 1. The number of nitrogens with zero attached hydrogens (tertiary/aromatic N) is 4. The average molecular weight is 449 g/mol. The van der Waals surface area contributed by atoms with Crippen LogP contribution in [-0.2, 0) is 13.2 Å². The summed E-state index contributed by atoms with van der Waals surface area (Å²) in [6.07, 6.45) is 5.16. The molecule has 0 spiro atoms. The van der Waals surface area contributed by atoms with Gasteiger partial charge >= 0.3 is 0 Å². The van der Waals surface area contributed by atoms with Crippen LogP contribution in [0, 0.1) is 5.92 Å². The molecule has 1 unspecified atom stereocenters. The lowest BCUT2D eigenvalue weighted by atomic mass is 9.94. The highest BCUT2D eigenvalue weighted by atomic mass is 32.2. The molecule has 6 heteroatoms. The van der Waals surface area contributed by atoms with Gasteiger partial charge in [0.05, 0.1) is 16.1 Å². The van der Waals surface area contributed by atoms with Gasteiger partial charge in [-0.15, -0.1) is 11.8 Å². The number of hydrogen-bond donors (Lipinski definition) is 0. The van der Waals surface area contributed by atoms with E-state index in [0.29, 0.717) is 6.61 Å². The summed E-state index contributed by atoms with van der Waals surface area (Å²) in [5.41, 5.74) is 3.44. The Balaban J connectivity index is 1.25. The quantitative estimate of drug-likeness (QED) is 0.473. The van der Waals surface area contributed by atoms with Crippen molar-refractivity contribution in [1.82, 2.24) is 14.5 Å². The van der Waals surface area contributed by atoms with Gasteiger partial charge < -0.3 is 14.2 Å². The fourth-order valence-corrected chi connectivity index (χ4v) is 5.74. The number of aromatic nitrogens is 2. The number of aliphatic imine (C=N–C) groups is 1. The second kappa shape index (κ2) is 10.1. The number of likely N-dealkylation sites (tertiary alicyclic amines) is 1. The van der Waals surface area contributed by atoms with E-state index in [0.717, 1.165) is 46.9 Å². The van der Waals surface area contributed by atoms with Crippen molar-refractivity contribution in [2.45, 2.75) is 38.8 Å². The Labute approximate surface area is 194 Å². The lowest BCUT2D eigenvalue weighted by molar-refractivity contribution is 0.198. The molecule has 5 nitrogen and oxygen atoms in total.